The first-order chi connectivity index (χ1) is 13.6. The lowest BCUT2D eigenvalue weighted by Crippen LogP contribution is -2.29. The van der Waals surface area contributed by atoms with Crippen molar-refractivity contribution >= 4 is 23.7 Å². The number of fused-ring (bicyclic) bond motifs is 1. The first kappa shape index (κ1) is 20.3. The Hall–Kier alpha value is -2.48. The maximum atomic E-state index is 12.9. The normalized spacial score (nSPS) is 15.8. The lowest BCUT2D eigenvalue weighted by atomic mass is 9.95. The third-order valence-corrected chi connectivity index (χ3v) is 4.97. The molecule has 1 unspecified atom stereocenters. The minimum Gasteiger partial charge on any atom is -0.494 e. The molecular weight excluding hydrogens is 376 g/mol. The molecule has 0 radical (unpaired) electrons. The van der Waals surface area contributed by atoms with Gasteiger partial charge in [0.1, 0.15) is 11.8 Å². The zero-order chi connectivity index (χ0) is 20.1. The van der Waals surface area contributed by atoms with E-state index in [1.165, 1.54) is 0 Å². The second kappa shape index (κ2) is 9.14. The Kier molecular flexibility index (Phi) is 6.61. The molecule has 0 aliphatic carbocycles. The molecule has 0 amide bonds. The van der Waals surface area contributed by atoms with Crippen molar-refractivity contribution in [2.24, 2.45) is 0 Å². The smallest absolute Gasteiger partial charge is 0.338 e. The molecule has 7 nitrogen and oxygen atoms in total. The van der Waals surface area contributed by atoms with Gasteiger partial charge in [-0.1, -0.05) is 37.7 Å². The topological polar surface area (TPSA) is 78.3 Å². The van der Waals surface area contributed by atoms with Gasteiger partial charge < -0.3 is 14.8 Å². The molecule has 2 aromatic rings. The fourth-order valence-corrected chi connectivity index (χ4v) is 3.66. The van der Waals surface area contributed by atoms with Gasteiger partial charge in [0.05, 0.1) is 18.8 Å². The average Bonchev–Trinajstić information content (AvgIpc) is 3.07. The van der Waals surface area contributed by atoms with Crippen molar-refractivity contribution in [1.29, 1.82) is 0 Å². The summed E-state index contributed by atoms with van der Waals surface area (Å²) in [6.07, 6.45) is 0.766. The summed E-state index contributed by atoms with van der Waals surface area (Å²) in [6, 6.07) is 7.31. The van der Waals surface area contributed by atoms with Gasteiger partial charge in [-0.15, -0.1) is 5.10 Å². The van der Waals surface area contributed by atoms with Gasteiger partial charge in [0, 0.05) is 5.70 Å². The zero-order valence-corrected chi connectivity index (χ0v) is 17.5. The molecule has 0 fully saturated rings. The monoisotopic (exact) mass is 402 g/mol. The number of nitrogens with one attached hydrogen (secondary N) is 1. The number of anilines is 1. The van der Waals surface area contributed by atoms with Crippen LogP contribution in [0.3, 0.4) is 0 Å². The van der Waals surface area contributed by atoms with Crippen molar-refractivity contribution in [3.8, 4) is 5.75 Å². The van der Waals surface area contributed by atoms with Crippen LogP contribution in [0.2, 0.25) is 0 Å². The highest BCUT2D eigenvalue weighted by Gasteiger charge is 2.35. The molecule has 1 aromatic carbocycles. The van der Waals surface area contributed by atoms with Crippen LogP contribution in [0.5, 0.6) is 5.75 Å². The van der Waals surface area contributed by atoms with Gasteiger partial charge in [-0.2, -0.15) is 4.98 Å². The third-order valence-electron chi connectivity index (χ3n) is 4.25. The lowest BCUT2D eigenvalue weighted by molar-refractivity contribution is -0.139. The molecule has 150 valence electrons. The Labute approximate surface area is 169 Å². The number of rotatable bonds is 8. The number of aromatic nitrogens is 3. The van der Waals surface area contributed by atoms with E-state index >= 15 is 0 Å². The molecule has 0 bridgehead atoms. The number of allylic oxidation sites excluding steroid dienone is 1. The largest absolute Gasteiger partial charge is 0.494 e. The van der Waals surface area contributed by atoms with Gasteiger partial charge in [-0.3, -0.25) is 0 Å². The second-order valence-electron chi connectivity index (χ2n) is 6.30. The van der Waals surface area contributed by atoms with E-state index in [1.807, 2.05) is 45.0 Å². The van der Waals surface area contributed by atoms with Crippen LogP contribution in [-0.2, 0) is 9.53 Å². The number of thioether (sulfide) groups is 1. The van der Waals surface area contributed by atoms with Crippen molar-refractivity contribution in [1.82, 2.24) is 14.8 Å². The maximum absolute atomic E-state index is 12.9. The van der Waals surface area contributed by atoms with Crippen LogP contribution in [0.4, 0.5) is 5.95 Å². The quantitative estimate of drug-likeness (QED) is 0.527. The standard InChI is InChI=1S/C20H26N4O3S/c1-5-11-27-18(25)16-13(4)21-19-22-20(28-7-3)23-24(19)17(16)14-9-8-10-15(12-14)26-6-2/h8-10,12,17H,5-7,11H2,1-4H3,(H,21,22,23). The molecule has 0 saturated heterocycles. The molecule has 1 aromatic heterocycles. The number of benzene rings is 1. The first-order valence-corrected chi connectivity index (χ1v) is 10.5. The van der Waals surface area contributed by atoms with E-state index in [-0.39, 0.29) is 5.97 Å². The van der Waals surface area contributed by atoms with Crippen LogP contribution in [0.15, 0.2) is 40.7 Å². The molecular formula is C20H26N4O3S. The summed E-state index contributed by atoms with van der Waals surface area (Å²) >= 11 is 1.56. The second-order valence-corrected chi connectivity index (χ2v) is 7.53. The Morgan fingerprint density at radius 1 is 1.32 bits per heavy atom. The number of hydrogen-bond donors (Lipinski definition) is 1. The molecule has 2 heterocycles. The summed E-state index contributed by atoms with van der Waals surface area (Å²) in [7, 11) is 0. The van der Waals surface area contributed by atoms with Crippen LogP contribution in [0, 0.1) is 0 Å². The van der Waals surface area contributed by atoms with E-state index < -0.39 is 6.04 Å². The number of carbonyl (C=O) groups excluding carboxylic acids is 1. The van der Waals surface area contributed by atoms with Gasteiger partial charge in [-0.05, 0) is 43.7 Å². The molecule has 0 spiro atoms. The Balaban J connectivity index is 2.09. The van der Waals surface area contributed by atoms with Crippen LogP contribution >= 0.6 is 11.8 Å². The van der Waals surface area contributed by atoms with E-state index in [4.69, 9.17) is 9.47 Å². The van der Waals surface area contributed by atoms with Crippen molar-refractivity contribution < 1.29 is 14.3 Å². The van der Waals surface area contributed by atoms with E-state index in [0.29, 0.717) is 29.9 Å². The Bertz CT molecular complexity index is 878. The highest BCUT2D eigenvalue weighted by atomic mass is 32.2. The van der Waals surface area contributed by atoms with Gasteiger partial charge in [0.2, 0.25) is 11.1 Å². The fraction of sp³-hybridized carbons (Fsp3) is 0.450. The van der Waals surface area contributed by atoms with E-state index in [9.17, 15) is 4.79 Å². The summed E-state index contributed by atoms with van der Waals surface area (Å²) in [4.78, 5) is 17.5. The fourth-order valence-electron chi connectivity index (χ4n) is 3.11. The predicted molar refractivity (Wildman–Crippen MR) is 110 cm³/mol. The third kappa shape index (κ3) is 4.16. The highest BCUT2D eigenvalue weighted by Crippen LogP contribution is 2.37. The van der Waals surface area contributed by atoms with Crippen molar-refractivity contribution in [2.45, 2.75) is 45.3 Å². The van der Waals surface area contributed by atoms with Crippen molar-refractivity contribution in [3.63, 3.8) is 0 Å². The van der Waals surface area contributed by atoms with Gasteiger partial charge >= 0.3 is 5.97 Å². The van der Waals surface area contributed by atoms with Crippen molar-refractivity contribution in [2.75, 3.05) is 24.3 Å². The number of nitrogens with zero attached hydrogens (tertiary/aromatic N) is 3. The summed E-state index contributed by atoms with van der Waals surface area (Å²) in [5.74, 6) is 1.89. The molecule has 1 aliphatic rings. The van der Waals surface area contributed by atoms with E-state index in [2.05, 4.69) is 22.3 Å². The van der Waals surface area contributed by atoms with Crippen LogP contribution in [0.25, 0.3) is 0 Å². The van der Waals surface area contributed by atoms with Gasteiger partial charge in [0.25, 0.3) is 0 Å². The molecule has 0 saturated carbocycles. The zero-order valence-electron chi connectivity index (χ0n) is 16.7. The minimum absolute atomic E-state index is 0.343. The number of ether oxygens (including phenoxy) is 2. The van der Waals surface area contributed by atoms with E-state index in [0.717, 1.165) is 29.2 Å². The molecule has 3 rings (SSSR count). The predicted octanol–water partition coefficient (Wildman–Crippen LogP) is 4.03. The summed E-state index contributed by atoms with van der Waals surface area (Å²) in [5, 5.41) is 8.53. The SMILES string of the molecule is CCCOC(=O)C1=C(C)Nc2nc(SCC)nn2C1c1cccc(OCC)c1. The molecule has 1 aliphatic heterocycles. The average molecular weight is 403 g/mol. The van der Waals surface area contributed by atoms with E-state index in [1.54, 1.807) is 16.4 Å². The summed E-state index contributed by atoms with van der Waals surface area (Å²) in [5.41, 5.74) is 2.16. The Morgan fingerprint density at radius 2 is 2.14 bits per heavy atom. The molecule has 1 atom stereocenters. The van der Waals surface area contributed by atoms with Crippen LogP contribution < -0.4 is 10.1 Å². The number of esters is 1. The maximum Gasteiger partial charge on any atom is 0.338 e. The minimum atomic E-state index is -0.431. The number of carbonyl (C=O) groups is 1. The van der Waals surface area contributed by atoms with Crippen LogP contribution in [-0.4, -0.2) is 39.7 Å². The van der Waals surface area contributed by atoms with Gasteiger partial charge in [-0.25, -0.2) is 9.48 Å². The molecule has 8 heteroatoms. The van der Waals surface area contributed by atoms with Crippen LogP contribution in [0.1, 0.15) is 45.7 Å². The molecule has 1 N–H and O–H groups in total. The Morgan fingerprint density at radius 3 is 2.86 bits per heavy atom. The highest BCUT2D eigenvalue weighted by molar-refractivity contribution is 7.99. The van der Waals surface area contributed by atoms with Gasteiger partial charge in [0.15, 0.2) is 0 Å². The van der Waals surface area contributed by atoms with Crippen molar-refractivity contribution in [3.05, 3.63) is 41.1 Å². The lowest BCUT2D eigenvalue weighted by Gasteiger charge is -2.28. The number of hydrogen-bond acceptors (Lipinski definition) is 7. The molecule has 28 heavy (non-hydrogen) atoms. The summed E-state index contributed by atoms with van der Waals surface area (Å²) in [6.45, 7) is 8.79. The summed E-state index contributed by atoms with van der Waals surface area (Å²) < 4.78 is 12.9. The first-order valence-electron chi connectivity index (χ1n) is 9.56.